The molecule has 1 heteroatoms. The summed E-state index contributed by atoms with van der Waals surface area (Å²) in [4.78, 5) is 0. The molecule has 0 aliphatic rings. The lowest BCUT2D eigenvalue weighted by molar-refractivity contribution is 0.416. The maximum absolute atomic E-state index is 11.9. The lowest BCUT2D eigenvalue weighted by Crippen LogP contribution is -2.00. The van der Waals surface area contributed by atoms with Gasteiger partial charge in [-0.2, -0.15) is 0 Å². The van der Waals surface area contributed by atoms with E-state index in [0.717, 1.165) is 12.8 Å². The maximum Gasteiger partial charge on any atom is 0.0894 e. The van der Waals surface area contributed by atoms with E-state index in [2.05, 4.69) is 19.1 Å². The highest BCUT2D eigenvalue weighted by molar-refractivity contribution is 5.13. The molecule has 0 nitrogen and oxygen atoms in total. The molecule has 0 spiro atoms. The summed E-state index contributed by atoms with van der Waals surface area (Å²) in [7, 11) is 0. The molecule has 0 saturated carbocycles. The number of hydrogen-bond acceptors (Lipinski definition) is 0. The molecular weight excluding hydrogens is 163 g/mol. The van der Waals surface area contributed by atoms with Crippen molar-refractivity contribution >= 4 is 0 Å². The second kappa shape index (κ2) is 5.74. The number of rotatable bonds is 5. The molecule has 13 heavy (non-hydrogen) atoms. The Labute approximate surface area is 79.8 Å². The van der Waals surface area contributed by atoms with Crippen LogP contribution in [0.3, 0.4) is 0 Å². The topological polar surface area (TPSA) is 0 Å². The molecule has 0 aliphatic heterocycles. The first-order valence-electron chi connectivity index (χ1n) is 4.84. The smallest absolute Gasteiger partial charge is 0.0894 e. The van der Waals surface area contributed by atoms with Gasteiger partial charge in [-0.25, -0.2) is 0 Å². The lowest BCUT2D eigenvalue weighted by Gasteiger charge is -2.09. The van der Waals surface area contributed by atoms with Crippen molar-refractivity contribution in [2.45, 2.75) is 26.2 Å². The Balaban J connectivity index is 2.32. The highest BCUT2D eigenvalue weighted by atomic mass is 19.1. The molecule has 1 unspecified atom stereocenters. The van der Waals surface area contributed by atoms with Gasteiger partial charge in [0, 0.05) is 0 Å². The van der Waals surface area contributed by atoms with Gasteiger partial charge >= 0.3 is 0 Å². The molecule has 0 bridgehead atoms. The summed E-state index contributed by atoms with van der Waals surface area (Å²) in [6, 6.07) is 11.2. The van der Waals surface area contributed by atoms with Crippen LogP contribution in [0.1, 0.15) is 25.3 Å². The van der Waals surface area contributed by atoms with Crippen LogP contribution in [0.15, 0.2) is 24.3 Å². The van der Waals surface area contributed by atoms with Crippen LogP contribution in [0.4, 0.5) is 4.39 Å². The van der Waals surface area contributed by atoms with Crippen molar-refractivity contribution in [1.82, 2.24) is 0 Å². The van der Waals surface area contributed by atoms with Gasteiger partial charge in [0.1, 0.15) is 0 Å². The zero-order chi connectivity index (χ0) is 9.52. The average molecular weight is 179 g/mol. The van der Waals surface area contributed by atoms with Crippen molar-refractivity contribution in [2.75, 3.05) is 6.67 Å². The molecule has 1 rings (SSSR count). The first-order valence-corrected chi connectivity index (χ1v) is 4.84. The van der Waals surface area contributed by atoms with Crippen LogP contribution in [-0.4, -0.2) is 6.67 Å². The highest BCUT2D eigenvalue weighted by Gasteiger charge is 2.02. The molecular formula is C12H16F. The molecule has 0 aromatic heterocycles. The summed E-state index contributed by atoms with van der Waals surface area (Å²) >= 11 is 0. The third kappa shape index (κ3) is 4.07. The van der Waals surface area contributed by atoms with Gasteiger partial charge in [0.05, 0.1) is 6.67 Å². The van der Waals surface area contributed by atoms with Gasteiger partial charge in [0.25, 0.3) is 0 Å². The zero-order valence-corrected chi connectivity index (χ0v) is 8.09. The Bertz CT molecular complexity index is 218. The molecule has 1 aromatic carbocycles. The van der Waals surface area contributed by atoms with Gasteiger partial charge in [-0.1, -0.05) is 31.2 Å². The minimum Gasteiger partial charge on any atom is -0.251 e. The predicted octanol–water partition coefficient (Wildman–Crippen LogP) is 3.42. The Morgan fingerprint density at radius 2 is 2.31 bits per heavy atom. The first-order chi connectivity index (χ1) is 6.33. The van der Waals surface area contributed by atoms with Gasteiger partial charge in [0.15, 0.2) is 0 Å². The monoisotopic (exact) mass is 179 g/mol. The molecule has 0 fully saturated rings. The summed E-state index contributed by atoms with van der Waals surface area (Å²) in [5.74, 6) is 0.564. The van der Waals surface area contributed by atoms with Crippen LogP contribution >= 0.6 is 0 Å². The average Bonchev–Trinajstić information content (AvgIpc) is 2.16. The largest absolute Gasteiger partial charge is 0.251 e. The molecule has 1 aromatic rings. The molecule has 0 heterocycles. The molecule has 71 valence electrons. The van der Waals surface area contributed by atoms with E-state index >= 15 is 0 Å². The normalized spacial score (nSPS) is 12.8. The minimum absolute atomic E-state index is 0.192. The number of benzene rings is 1. The summed E-state index contributed by atoms with van der Waals surface area (Å²) in [6.45, 7) is 1.97. The molecule has 0 aliphatic carbocycles. The number of halogens is 1. The number of alkyl halides is 1. The fourth-order valence-corrected chi connectivity index (χ4v) is 1.46. The second-order valence-corrected chi connectivity index (χ2v) is 3.53. The molecule has 0 saturated heterocycles. The second-order valence-electron chi connectivity index (χ2n) is 3.53. The van der Waals surface area contributed by atoms with Crippen molar-refractivity contribution in [3.8, 4) is 0 Å². The van der Waals surface area contributed by atoms with E-state index < -0.39 is 0 Å². The van der Waals surface area contributed by atoms with Gasteiger partial charge in [-0.05, 0) is 36.8 Å². The van der Waals surface area contributed by atoms with Crippen LogP contribution in [0.5, 0.6) is 0 Å². The molecule has 0 N–H and O–H groups in total. The van der Waals surface area contributed by atoms with Gasteiger partial charge in [0.2, 0.25) is 0 Å². The van der Waals surface area contributed by atoms with E-state index in [-0.39, 0.29) is 6.67 Å². The van der Waals surface area contributed by atoms with E-state index in [1.54, 1.807) is 0 Å². The first kappa shape index (κ1) is 10.2. The van der Waals surface area contributed by atoms with Crippen molar-refractivity contribution in [2.24, 2.45) is 5.92 Å². The predicted molar refractivity (Wildman–Crippen MR) is 53.4 cm³/mol. The summed E-state index contributed by atoms with van der Waals surface area (Å²) in [5.41, 5.74) is 1.23. The summed E-state index contributed by atoms with van der Waals surface area (Å²) < 4.78 is 11.9. The SMILES string of the molecule is CC(CCCF)Cc1[c]cccc1. The van der Waals surface area contributed by atoms with E-state index in [1.807, 2.05) is 18.2 Å². The third-order valence-electron chi connectivity index (χ3n) is 2.17. The van der Waals surface area contributed by atoms with Crippen molar-refractivity contribution in [3.05, 3.63) is 35.9 Å². The molecule has 1 atom stereocenters. The van der Waals surface area contributed by atoms with Crippen molar-refractivity contribution in [1.29, 1.82) is 0 Å². The Kier molecular flexibility index (Phi) is 4.52. The van der Waals surface area contributed by atoms with Crippen molar-refractivity contribution in [3.63, 3.8) is 0 Å². The van der Waals surface area contributed by atoms with E-state index in [1.165, 1.54) is 5.56 Å². The fraction of sp³-hybridized carbons (Fsp3) is 0.500. The lowest BCUT2D eigenvalue weighted by atomic mass is 9.97. The molecule has 0 amide bonds. The maximum atomic E-state index is 11.9. The molecule has 1 radical (unpaired) electrons. The van der Waals surface area contributed by atoms with Crippen LogP contribution in [0.25, 0.3) is 0 Å². The van der Waals surface area contributed by atoms with Gasteiger partial charge < -0.3 is 0 Å². The van der Waals surface area contributed by atoms with E-state index in [0.29, 0.717) is 12.3 Å². The fourth-order valence-electron chi connectivity index (χ4n) is 1.46. The van der Waals surface area contributed by atoms with Gasteiger partial charge in [-0.3, -0.25) is 4.39 Å². The van der Waals surface area contributed by atoms with Crippen LogP contribution in [0.2, 0.25) is 0 Å². The minimum atomic E-state index is -0.192. The quantitative estimate of drug-likeness (QED) is 0.649. The Hall–Kier alpha value is -0.850. The van der Waals surface area contributed by atoms with Crippen LogP contribution in [-0.2, 0) is 6.42 Å². The highest BCUT2D eigenvalue weighted by Crippen LogP contribution is 2.12. The number of hydrogen-bond donors (Lipinski definition) is 0. The Morgan fingerprint density at radius 3 is 2.92 bits per heavy atom. The summed E-state index contributed by atoms with van der Waals surface area (Å²) in [5, 5.41) is 0. The van der Waals surface area contributed by atoms with E-state index in [9.17, 15) is 4.39 Å². The van der Waals surface area contributed by atoms with Gasteiger partial charge in [-0.15, -0.1) is 0 Å². The standard InChI is InChI=1S/C12H16F/c1-11(6-5-9-13)10-12-7-3-2-4-8-12/h2-4,7,11H,5-6,9-10H2,1H3. The van der Waals surface area contributed by atoms with Crippen molar-refractivity contribution < 1.29 is 4.39 Å². The zero-order valence-electron chi connectivity index (χ0n) is 8.09. The van der Waals surface area contributed by atoms with Crippen LogP contribution in [0, 0.1) is 12.0 Å². The Morgan fingerprint density at radius 1 is 1.46 bits per heavy atom. The van der Waals surface area contributed by atoms with Crippen LogP contribution < -0.4 is 0 Å². The summed E-state index contributed by atoms with van der Waals surface area (Å²) in [6.07, 6.45) is 2.67. The van der Waals surface area contributed by atoms with E-state index in [4.69, 9.17) is 0 Å². The third-order valence-corrected chi connectivity index (χ3v) is 2.17.